The van der Waals surface area contributed by atoms with E-state index in [4.69, 9.17) is 0 Å². The number of hydrogen-bond acceptors (Lipinski definition) is 5. The van der Waals surface area contributed by atoms with E-state index >= 15 is 0 Å². The van der Waals surface area contributed by atoms with Crippen LogP contribution in [0.25, 0.3) is 16.5 Å². The molecule has 3 aromatic heterocycles. The van der Waals surface area contributed by atoms with E-state index in [9.17, 15) is 14.0 Å². The minimum Gasteiger partial charge on any atom is -0.306 e. The molecule has 0 aliphatic rings. The number of thiophene rings is 1. The summed E-state index contributed by atoms with van der Waals surface area (Å²) >= 11 is 1.49. The SMILES string of the molecule is CCCc1cc(=O)[nH]c(-n2nc(-c3cccs3)cc2NC(=O)c2cccc(F)c2)n1. The fourth-order valence-corrected chi connectivity index (χ4v) is 3.65. The van der Waals surface area contributed by atoms with Crippen LogP contribution in [0, 0.1) is 5.82 Å². The average molecular weight is 423 g/mol. The van der Waals surface area contributed by atoms with Crippen LogP contribution in [0.2, 0.25) is 0 Å². The number of anilines is 1. The van der Waals surface area contributed by atoms with Crippen LogP contribution in [0.1, 0.15) is 29.4 Å². The van der Waals surface area contributed by atoms with E-state index in [1.807, 2.05) is 24.4 Å². The van der Waals surface area contributed by atoms with Gasteiger partial charge in [-0.05, 0) is 36.1 Å². The first-order valence-electron chi connectivity index (χ1n) is 9.35. The third-order valence-corrected chi connectivity index (χ3v) is 5.19. The Morgan fingerprint density at radius 2 is 2.10 bits per heavy atom. The van der Waals surface area contributed by atoms with Gasteiger partial charge in [0.25, 0.3) is 11.5 Å². The lowest BCUT2D eigenvalue weighted by molar-refractivity contribution is 0.102. The summed E-state index contributed by atoms with van der Waals surface area (Å²) < 4.78 is 14.9. The second kappa shape index (κ2) is 8.42. The number of aryl methyl sites for hydroxylation is 1. The van der Waals surface area contributed by atoms with E-state index in [0.29, 0.717) is 23.6 Å². The van der Waals surface area contributed by atoms with Crippen molar-refractivity contribution in [2.75, 3.05) is 5.32 Å². The molecule has 152 valence electrons. The van der Waals surface area contributed by atoms with E-state index in [-0.39, 0.29) is 17.1 Å². The molecular formula is C21H18FN5O2S. The summed E-state index contributed by atoms with van der Waals surface area (Å²) in [5.41, 5.74) is 1.11. The number of amides is 1. The van der Waals surface area contributed by atoms with Crippen molar-refractivity contribution in [3.8, 4) is 16.5 Å². The predicted octanol–water partition coefficient (Wildman–Crippen LogP) is 4.03. The van der Waals surface area contributed by atoms with Crippen molar-refractivity contribution in [2.45, 2.75) is 19.8 Å². The topological polar surface area (TPSA) is 92.7 Å². The molecule has 0 spiro atoms. The maximum atomic E-state index is 13.5. The number of carbonyl (C=O) groups excluding carboxylic acids is 1. The second-order valence-electron chi connectivity index (χ2n) is 6.58. The summed E-state index contributed by atoms with van der Waals surface area (Å²) in [7, 11) is 0. The quantitative estimate of drug-likeness (QED) is 0.490. The Kier molecular flexibility index (Phi) is 5.53. The molecule has 0 aliphatic carbocycles. The number of halogens is 1. The summed E-state index contributed by atoms with van der Waals surface area (Å²) in [4.78, 5) is 32.8. The molecule has 1 aromatic carbocycles. The zero-order chi connectivity index (χ0) is 21.1. The number of nitrogens with one attached hydrogen (secondary N) is 2. The van der Waals surface area contributed by atoms with Crippen molar-refractivity contribution >= 4 is 23.1 Å². The molecule has 4 rings (SSSR count). The van der Waals surface area contributed by atoms with Crippen molar-refractivity contribution in [1.29, 1.82) is 0 Å². The molecule has 7 nitrogen and oxygen atoms in total. The third-order valence-electron chi connectivity index (χ3n) is 4.30. The van der Waals surface area contributed by atoms with Gasteiger partial charge >= 0.3 is 0 Å². The van der Waals surface area contributed by atoms with Crippen LogP contribution in [-0.4, -0.2) is 25.7 Å². The zero-order valence-corrected chi connectivity index (χ0v) is 16.9. The molecule has 30 heavy (non-hydrogen) atoms. The number of hydrogen-bond donors (Lipinski definition) is 2. The molecule has 0 saturated carbocycles. The number of nitrogens with zero attached hydrogens (tertiary/aromatic N) is 3. The van der Waals surface area contributed by atoms with Crippen LogP contribution >= 0.6 is 11.3 Å². The van der Waals surface area contributed by atoms with Crippen LogP contribution in [0.5, 0.6) is 0 Å². The van der Waals surface area contributed by atoms with Gasteiger partial charge in [0.2, 0.25) is 5.95 Å². The number of benzene rings is 1. The van der Waals surface area contributed by atoms with E-state index in [2.05, 4.69) is 20.4 Å². The lowest BCUT2D eigenvalue weighted by Crippen LogP contribution is -2.19. The van der Waals surface area contributed by atoms with Crippen molar-refractivity contribution < 1.29 is 9.18 Å². The van der Waals surface area contributed by atoms with Crippen molar-refractivity contribution in [3.05, 3.63) is 81.3 Å². The number of aromatic amines is 1. The minimum absolute atomic E-state index is 0.168. The maximum Gasteiger partial charge on any atom is 0.256 e. The van der Waals surface area contributed by atoms with Crippen molar-refractivity contribution in [2.24, 2.45) is 0 Å². The number of rotatable bonds is 6. The monoisotopic (exact) mass is 423 g/mol. The molecule has 0 bridgehead atoms. The Balaban J connectivity index is 1.78. The molecule has 0 radical (unpaired) electrons. The van der Waals surface area contributed by atoms with Gasteiger partial charge in [0, 0.05) is 23.4 Å². The average Bonchev–Trinajstić information content (AvgIpc) is 3.37. The van der Waals surface area contributed by atoms with Gasteiger partial charge in [-0.1, -0.05) is 25.5 Å². The van der Waals surface area contributed by atoms with E-state index in [0.717, 1.165) is 17.4 Å². The molecule has 2 N–H and O–H groups in total. The summed E-state index contributed by atoms with van der Waals surface area (Å²) in [6.45, 7) is 2.00. The molecule has 0 unspecified atom stereocenters. The van der Waals surface area contributed by atoms with Gasteiger partial charge in [-0.25, -0.2) is 9.37 Å². The second-order valence-corrected chi connectivity index (χ2v) is 7.53. The highest BCUT2D eigenvalue weighted by Gasteiger charge is 2.17. The molecule has 0 aliphatic heterocycles. The largest absolute Gasteiger partial charge is 0.306 e. The third kappa shape index (κ3) is 4.20. The summed E-state index contributed by atoms with van der Waals surface area (Å²) in [6.07, 6.45) is 1.47. The predicted molar refractivity (Wildman–Crippen MR) is 114 cm³/mol. The zero-order valence-electron chi connectivity index (χ0n) is 16.1. The van der Waals surface area contributed by atoms with Gasteiger partial charge < -0.3 is 5.32 Å². The van der Waals surface area contributed by atoms with Crippen LogP contribution in [0.15, 0.2) is 58.7 Å². The molecule has 9 heteroatoms. The fourth-order valence-electron chi connectivity index (χ4n) is 2.97. The fraction of sp³-hybridized carbons (Fsp3) is 0.143. The Morgan fingerprint density at radius 1 is 1.23 bits per heavy atom. The maximum absolute atomic E-state index is 13.5. The first-order chi connectivity index (χ1) is 14.5. The normalized spacial score (nSPS) is 10.9. The van der Waals surface area contributed by atoms with Crippen molar-refractivity contribution in [1.82, 2.24) is 19.7 Å². The first kappa shape index (κ1) is 19.7. The van der Waals surface area contributed by atoms with Crippen LogP contribution in [-0.2, 0) is 6.42 Å². The lowest BCUT2D eigenvalue weighted by atomic mass is 10.2. The van der Waals surface area contributed by atoms with Gasteiger partial charge in [-0.15, -0.1) is 11.3 Å². The summed E-state index contributed by atoms with van der Waals surface area (Å²) in [6, 6.07) is 12.3. The van der Waals surface area contributed by atoms with Crippen LogP contribution in [0.3, 0.4) is 0 Å². The standard InChI is InChI=1S/C21H18FN5O2S/c1-2-5-15-11-19(28)25-21(23-15)27-18(12-16(26-27)17-8-4-9-30-17)24-20(29)13-6-3-7-14(22)10-13/h3-4,6-12H,2,5H2,1H3,(H,24,29)(H,23,25,28). The van der Waals surface area contributed by atoms with E-state index in [1.54, 1.807) is 6.07 Å². The Bertz CT molecular complexity index is 1250. The molecular weight excluding hydrogens is 405 g/mol. The van der Waals surface area contributed by atoms with Gasteiger partial charge in [-0.2, -0.15) is 9.78 Å². The molecule has 3 heterocycles. The Morgan fingerprint density at radius 3 is 2.83 bits per heavy atom. The Hall–Kier alpha value is -3.59. The number of H-pyrrole nitrogens is 1. The number of aromatic nitrogens is 4. The van der Waals surface area contributed by atoms with E-state index in [1.165, 1.54) is 40.3 Å². The smallest absolute Gasteiger partial charge is 0.256 e. The lowest BCUT2D eigenvalue weighted by Gasteiger charge is -2.09. The molecule has 0 fully saturated rings. The Labute approximate surface area is 175 Å². The molecule has 4 aromatic rings. The van der Waals surface area contributed by atoms with E-state index < -0.39 is 11.7 Å². The summed E-state index contributed by atoms with van der Waals surface area (Å²) in [5, 5.41) is 9.20. The number of carbonyl (C=O) groups is 1. The highest BCUT2D eigenvalue weighted by atomic mass is 32.1. The van der Waals surface area contributed by atoms with Gasteiger partial charge in [0.05, 0.1) is 4.88 Å². The highest BCUT2D eigenvalue weighted by molar-refractivity contribution is 7.13. The van der Waals surface area contributed by atoms with Crippen molar-refractivity contribution in [3.63, 3.8) is 0 Å². The molecule has 0 atom stereocenters. The first-order valence-corrected chi connectivity index (χ1v) is 10.2. The summed E-state index contributed by atoms with van der Waals surface area (Å²) in [5.74, 6) is -0.498. The molecule has 0 saturated heterocycles. The van der Waals surface area contributed by atoms with Gasteiger partial charge in [0.15, 0.2) is 0 Å². The molecule has 1 amide bonds. The van der Waals surface area contributed by atoms with Gasteiger partial charge in [-0.3, -0.25) is 14.6 Å². The highest BCUT2D eigenvalue weighted by Crippen LogP contribution is 2.27. The van der Waals surface area contributed by atoms with Gasteiger partial charge in [0.1, 0.15) is 17.3 Å². The minimum atomic E-state index is -0.506. The van der Waals surface area contributed by atoms with Crippen LogP contribution in [0.4, 0.5) is 10.2 Å². The van der Waals surface area contributed by atoms with Crippen LogP contribution < -0.4 is 10.9 Å².